The quantitative estimate of drug-likeness (QED) is 0.729. The van der Waals surface area contributed by atoms with Crippen molar-refractivity contribution in [2.45, 2.75) is 0 Å². The van der Waals surface area contributed by atoms with Gasteiger partial charge in [0.2, 0.25) is 0 Å². The molecule has 0 fully saturated rings. The van der Waals surface area contributed by atoms with Gasteiger partial charge in [0.25, 0.3) is 5.91 Å². The van der Waals surface area contributed by atoms with E-state index in [-0.39, 0.29) is 5.82 Å². The van der Waals surface area contributed by atoms with Gasteiger partial charge in [-0.3, -0.25) is 4.79 Å². The number of primary amides is 1. The van der Waals surface area contributed by atoms with Crippen molar-refractivity contribution in [1.29, 1.82) is 0 Å². The fourth-order valence-electron chi connectivity index (χ4n) is 1.56. The molecule has 4 heteroatoms. The Bertz CT molecular complexity index is 516. The van der Waals surface area contributed by atoms with Crippen molar-refractivity contribution in [3.8, 4) is 0 Å². The lowest BCUT2D eigenvalue weighted by Crippen LogP contribution is -2.14. The minimum atomic E-state index is -0.510. The van der Waals surface area contributed by atoms with Crippen LogP contribution in [0.1, 0.15) is 10.5 Å². The first kappa shape index (κ1) is 8.74. The van der Waals surface area contributed by atoms with Crippen LogP contribution in [0.25, 0.3) is 10.9 Å². The number of hydrogen-bond donors (Lipinski definition) is 1. The number of amides is 1. The second kappa shape index (κ2) is 2.83. The zero-order valence-electron chi connectivity index (χ0n) is 7.62. The number of nitrogens with zero attached hydrogens (tertiary/aromatic N) is 1. The molecule has 0 aliphatic heterocycles. The third-order valence-electron chi connectivity index (χ3n) is 2.26. The summed E-state index contributed by atoms with van der Waals surface area (Å²) in [4.78, 5) is 11.0. The number of aromatic nitrogens is 1. The van der Waals surface area contributed by atoms with Gasteiger partial charge in [0.1, 0.15) is 11.5 Å². The normalized spacial score (nSPS) is 10.7. The van der Waals surface area contributed by atoms with E-state index in [2.05, 4.69) is 0 Å². The molecule has 1 amide bonds. The number of benzene rings is 1. The number of rotatable bonds is 1. The van der Waals surface area contributed by atoms with Crippen LogP contribution in [0.2, 0.25) is 0 Å². The molecular formula is C10H9FN2O. The Morgan fingerprint density at radius 3 is 2.79 bits per heavy atom. The zero-order chi connectivity index (χ0) is 10.3. The Labute approximate surface area is 79.9 Å². The summed E-state index contributed by atoms with van der Waals surface area (Å²) in [5.41, 5.74) is 6.34. The minimum absolute atomic E-state index is 0.320. The van der Waals surface area contributed by atoms with E-state index in [1.165, 1.54) is 12.1 Å². The number of halogens is 1. The number of fused-ring (bicyclic) bond motifs is 1. The van der Waals surface area contributed by atoms with Gasteiger partial charge < -0.3 is 10.3 Å². The molecule has 14 heavy (non-hydrogen) atoms. The summed E-state index contributed by atoms with van der Waals surface area (Å²) in [6.07, 6.45) is 0. The number of hydrogen-bond acceptors (Lipinski definition) is 1. The molecule has 3 nitrogen and oxygen atoms in total. The summed E-state index contributed by atoms with van der Waals surface area (Å²) >= 11 is 0. The molecule has 0 spiro atoms. The Hall–Kier alpha value is -1.84. The van der Waals surface area contributed by atoms with Gasteiger partial charge in [0.05, 0.1) is 0 Å². The second-order valence-electron chi connectivity index (χ2n) is 3.16. The van der Waals surface area contributed by atoms with Crippen molar-refractivity contribution in [3.63, 3.8) is 0 Å². The van der Waals surface area contributed by atoms with Crippen molar-refractivity contribution in [1.82, 2.24) is 4.57 Å². The highest BCUT2D eigenvalue weighted by Gasteiger charge is 2.09. The Morgan fingerprint density at radius 2 is 2.14 bits per heavy atom. The third-order valence-corrected chi connectivity index (χ3v) is 2.26. The van der Waals surface area contributed by atoms with E-state index in [0.717, 1.165) is 5.52 Å². The average molecular weight is 192 g/mol. The van der Waals surface area contributed by atoms with Crippen molar-refractivity contribution in [2.24, 2.45) is 12.8 Å². The average Bonchev–Trinajstić information content (AvgIpc) is 2.43. The molecule has 2 aromatic rings. The van der Waals surface area contributed by atoms with Gasteiger partial charge in [0.15, 0.2) is 0 Å². The first-order valence-electron chi connectivity index (χ1n) is 4.14. The smallest absolute Gasteiger partial charge is 0.265 e. The van der Waals surface area contributed by atoms with Gasteiger partial charge in [-0.25, -0.2) is 4.39 Å². The van der Waals surface area contributed by atoms with Crippen LogP contribution in [-0.2, 0) is 7.05 Å². The lowest BCUT2D eigenvalue weighted by atomic mass is 10.2. The van der Waals surface area contributed by atoms with Crippen LogP contribution in [-0.4, -0.2) is 10.5 Å². The molecular weight excluding hydrogens is 183 g/mol. The monoisotopic (exact) mass is 192 g/mol. The molecule has 2 rings (SSSR count). The predicted octanol–water partition coefficient (Wildman–Crippen LogP) is 1.42. The maximum Gasteiger partial charge on any atom is 0.265 e. The molecule has 0 radical (unpaired) electrons. The highest BCUT2D eigenvalue weighted by molar-refractivity contribution is 5.97. The lowest BCUT2D eigenvalue weighted by Gasteiger charge is -1.98. The van der Waals surface area contributed by atoms with Crippen LogP contribution in [0.15, 0.2) is 24.3 Å². The first-order chi connectivity index (χ1) is 6.59. The molecule has 1 heterocycles. The van der Waals surface area contributed by atoms with Gasteiger partial charge in [-0.15, -0.1) is 0 Å². The number of carbonyl (C=O) groups excluding carboxylic acids is 1. The van der Waals surface area contributed by atoms with Crippen molar-refractivity contribution in [3.05, 3.63) is 35.8 Å². The van der Waals surface area contributed by atoms with E-state index in [1.807, 2.05) is 0 Å². The molecule has 0 saturated carbocycles. The molecule has 0 bridgehead atoms. The molecule has 2 N–H and O–H groups in total. The summed E-state index contributed by atoms with van der Waals surface area (Å²) in [6, 6.07) is 5.94. The zero-order valence-corrected chi connectivity index (χ0v) is 7.62. The summed E-state index contributed by atoms with van der Waals surface area (Å²) < 4.78 is 14.5. The van der Waals surface area contributed by atoms with Crippen LogP contribution >= 0.6 is 0 Å². The SMILES string of the molecule is Cn1c(C(N)=O)cc2cc(F)ccc21. The van der Waals surface area contributed by atoms with Crippen molar-refractivity contribution in [2.75, 3.05) is 0 Å². The number of carbonyl (C=O) groups is 1. The van der Waals surface area contributed by atoms with E-state index in [4.69, 9.17) is 5.73 Å². The van der Waals surface area contributed by atoms with Crippen LogP contribution in [0, 0.1) is 5.82 Å². The lowest BCUT2D eigenvalue weighted by molar-refractivity contribution is 0.0993. The highest BCUT2D eigenvalue weighted by Crippen LogP contribution is 2.19. The fraction of sp³-hybridized carbons (Fsp3) is 0.100. The van der Waals surface area contributed by atoms with E-state index < -0.39 is 5.91 Å². The van der Waals surface area contributed by atoms with Crippen LogP contribution in [0.3, 0.4) is 0 Å². The molecule has 1 aromatic carbocycles. The maximum absolute atomic E-state index is 12.9. The van der Waals surface area contributed by atoms with Crippen LogP contribution in [0.5, 0.6) is 0 Å². The van der Waals surface area contributed by atoms with Gasteiger partial charge in [0, 0.05) is 18.0 Å². The largest absolute Gasteiger partial charge is 0.364 e. The third kappa shape index (κ3) is 1.16. The Balaban J connectivity index is 2.79. The van der Waals surface area contributed by atoms with E-state index in [1.54, 1.807) is 23.7 Å². The number of aryl methyl sites for hydroxylation is 1. The van der Waals surface area contributed by atoms with Gasteiger partial charge >= 0.3 is 0 Å². The molecule has 72 valence electrons. The minimum Gasteiger partial charge on any atom is -0.364 e. The summed E-state index contributed by atoms with van der Waals surface area (Å²) in [7, 11) is 1.72. The Morgan fingerprint density at radius 1 is 1.43 bits per heavy atom. The topological polar surface area (TPSA) is 48.0 Å². The highest BCUT2D eigenvalue weighted by atomic mass is 19.1. The summed E-state index contributed by atoms with van der Waals surface area (Å²) in [5.74, 6) is -0.830. The molecule has 0 unspecified atom stereocenters. The van der Waals surface area contributed by atoms with Crippen LogP contribution in [0.4, 0.5) is 4.39 Å². The molecule has 0 aliphatic rings. The van der Waals surface area contributed by atoms with Crippen molar-refractivity contribution < 1.29 is 9.18 Å². The van der Waals surface area contributed by atoms with E-state index >= 15 is 0 Å². The van der Waals surface area contributed by atoms with Gasteiger partial charge in [-0.1, -0.05) is 0 Å². The second-order valence-corrected chi connectivity index (χ2v) is 3.16. The predicted molar refractivity (Wildman–Crippen MR) is 51.4 cm³/mol. The first-order valence-corrected chi connectivity index (χ1v) is 4.14. The summed E-state index contributed by atoms with van der Waals surface area (Å²) in [6.45, 7) is 0. The molecule has 0 aliphatic carbocycles. The number of nitrogens with two attached hydrogens (primary N) is 1. The maximum atomic E-state index is 12.9. The fourth-order valence-corrected chi connectivity index (χ4v) is 1.56. The summed E-state index contributed by atoms with van der Waals surface area (Å²) in [5, 5.41) is 0.682. The van der Waals surface area contributed by atoms with E-state index in [9.17, 15) is 9.18 Å². The standard InChI is InChI=1S/C10H9FN2O/c1-13-8-3-2-7(11)4-6(8)5-9(13)10(12)14/h2-5H,1H3,(H2,12,14). The van der Waals surface area contributed by atoms with E-state index in [0.29, 0.717) is 11.1 Å². The van der Waals surface area contributed by atoms with Gasteiger partial charge in [-0.05, 0) is 24.3 Å². The van der Waals surface area contributed by atoms with Crippen LogP contribution < -0.4 is 5.73 Å². The molecule has 1 aromatic heterocycles. The van der Waals surface area contributed by atoms with Gasteiger partial charge in [-0.2, -0.15) is 0 Å². The molecule has 0 saturated heterocycles. The molecule has 0 atom stereocenters. The Kier molecular flexibility index (Phi) is 1.77. The van der Waals surface area contributed by atoms with Crippen molar-refractivity contribution >= 4 is 16.8 Å².